The van der Waals surface area contributed by atoms with Crippen molar-refractivity contribution in [2.24, 2.45) is 0 Å². The molecule has 0 saturated carbocycles. The molecule has 1 aromatic rings. The number of hydrogen-bond acceptors (Lipinski definition) is 2. The Morgan fingerprint density at radius 1 is 0.952 bits per heavy atom. The molecule has 1 saturated heterocycles. The molecule has 21 heavy (non-hydrogen) atoms. The van der Waals surface area contributed by atoms with Gasteiger partial charge in [-0.15, -0.1) is 0 Å². The SMILES string of the molecule is CC(C)NC1CCCN(c2c(F)c(F)c(F)c(F)c2F)C1. The van der Waals surface area contributed by atoms with Crippen LogP contribution in [0.5, 0.6) is 0 Å². The zero-order valence-corrected chi connectivity index (χ0v) is 11.8. The lowest BCUT2D eigenvalue weighted by atomic mass is 10.0. The number of rotatable bonds is 3. The van der Waals surface area contributed by atoms with Gasteiger partial charge in [-0.2, -0.15) is 0 Å². The van der Waals surface area contributed by atoms with Gasteiger partial charge in [-0.3, -0.25) is 0 Å². The molecule has 7 heteroatoms. The molecule has 1 fully saturated rings. The second kappa shape index (κ2) is 6.17. The summed E-state index contributed by atoms with van der Waals surface area (Å²) in [5.74, 6) is -9.46. The number of piperidine rings is 1. The van der Waals surface area contributed by atoms with Crippen LogP contribution in [0.2, 0.25) is 0 Å². The third-order valence-corrected chi connectivity index (χ3v) is 3.49. The van der Waals surface area contributed by atoms with E-state index in [1.54, 1.807) is 0 Å². The third-order valence-electron chi connectivity index (χ3n) is 3.49. The van der Waals surface area contributed by atoms with Crippen molar-refractivity contribution in [3.8, 4) is 0 Å². The number of halogens is 5. The quantitative estimate of drug-likeness (QED) is 0.523. The standard InChI is InChI=1S/C14H17F5N2/c1-7(2)20-8-4-3-5-21(6-8)14-12(18)10(16)9(15)11(17)13(14)19/h7-8,20H,3-6H2,1-2H3. The zero-order chi connectivity index (χ0) is 15.7. The van der Waals surface area contributed by atoms with Crippen molar-refractivity contribution >= 4 is 5.69 Å². The maximum atomic E-state index is 13.8. The van der Waals surface area contributed by atoms with Gasteiger partial charge in [0.05, 0.1) is 0 Å². The van der Waals surface area contributed by atoms with Crippen LogP contribution in [0.3, 0.4) is 0 Å². The fourth-order valence-corrected chi connectivity index (χ4v) is 2.66. The first kappa shape index (κ1) is 16.0. The number of hydrogen-bond donors (Lipinski definition) is 1. The predicted molar refractivity (Wildman–Crippen MR) is 69.7 cm³/mol. The Morgan fingerprint density at radius 2 is 1.48 bits per heavy atom. The highest BCUT2D eigenvalue weighted by Gasteiger charge is 2.31. The minimum Gasteiger partial charge on any atom is -0.365 e. The molecule has 118 valence electrons. The van der Waals surface area contributed by atoms with E-state index in [9.17, 15) is 22.0 Å². The average molecular weight is 308 g/mol. The monoisotopic (exact) mass is 308 g/mol. The van der Waals surface area contributed by atoms with Gasteiger partial charge in [-0.25, -0.2) is 22.0 Å². The molecule has 0 spiro atoms. The summed E-state index contributed by atoms with van der Waals surface area (Å²) in [5, 5.41) is 3.21. The topological polar surface area (TPSA) is 15.3 Å². The Bertz CT molecular complexity index is 504. The smallest absolute Gasteiger partial charge is 0.200 e. The van der Waals surface area contributed by atoms with Crippen molar-refractivity contribution in [3.05, 3.63) is 29.1 Å². The molecular weight excluding hydrogens is 291 g/mol. The normalized spacial score (nSPS) is 19.4. The van der Waals surface area contributed by atoms with Crippen LogP contribution >= 0.6 is 0 Å². The molecule has 1 aliphatic heterocycles. The molecule has 2 nitrogen and oxygen atoms in total. The second-order valence-electron chi connectivity index (χ2n) is 5.53. The van der Waals surface area contributed by atoms with Crippen molar-refractivity contribution in [1.82, 2.24) is 5.32 Å². The van der Waals surface area contributed by atoms with Crippen LogP contribution in [0, 0.1) is 29.1 Å². The van der Waals surface area contributed by atoms with E-state index < -0.39 is 34.8 Å². The summed E-state index contributed by atoms with van der Waals surface area (Å²) >= 11 is 0. The molecule has 1 aliphatic rings. The molecule has 1 unspecified atom stereocenters. The molecule has 2 rings (SSSR count). The van der Waals surface area contributed by atoms with Crippen LogP contribution in [0.15, 0.2) is 0 Å². The van der Waals surface area contributed by atoms with Crippen LogP contribution in [0.25, 0.3) is 0 Å². The minimum atomic E-state index is -2.12. The molecule has 0 bridgehead atoms. The Kier molecular flexibility index (Phi) is 4.70. The lowest BCUT2D eigenvalue weighted by Gasteiger charge is -2.36. The predicted octanol–water partition coefficient (Wildman–Crippen LogP) is 3.35. The van der Waals surface area contributed by atoms with Crippen molar-refractivity contribution in [2.75, 3.05) is 18.0 Å². The van der Waals surface area contributed by atoms with Gasteiger partial charge < -0.3 is 10.2 Å². The summed E-state index contributed by atoms with van der Waals surface area (Å²) in [6.45, 7) is 4.32. The first-order chi connectivity index (χ1) is 9.82. The van der Waals surface area contributed by atoms with Crippen molar-refractivity contribution in [2.45, 2.75) is 38.8 Å². The van der Waals surface area contributed by atoms with E-state index in [2.05, 4.69) is 5.32 Å². The summed E-state index contributed by atoms with van der Waals surface area (Å²) in [7, 11) is 0. The van der Waals surface area contributed by atoms with Gasteiger partial charge in [-0.05, 0) is 12.8 Å². The van der Waals surface area contributed by atoms with E-state index in [-0.39, 0.29) is 25.2 Å². The fourth-order valence-electron chi connectivity index (χ4n) is 2.66. The molecule has 1 heterocycles. The van der Waals surface area contributed by atoms with Crippen molar-refractivity contribution in [1.29, 1.82) is 0 Å². The molecule has 0 aliphatic carbocycles. The van der Waals surface area contributed by atoms with E-state index >= 15 is 0 Å². The van der Waals surface area contributed by atoms with Gasteiger partial charge in [0.1, 0.15) is 5.69 Å². The first-order valence-corrected chi connectivity index (χ1v) is 6.85. The Labute approximate surface area is 119 Å². The molecule has 0 aromatic heterocycles. The first-order valence-electron chi connectivity index (χ1n) is 6.85. The van der Waals surface area contributed by atoms with Gasteiger partial charge in [-0.1, -0.05) is 13.8 Å². The van der Waals surface area contributed by atoms with Gasteiger partial charge in [0.15, 0.2) is 23.3 Å². The molecule has 0 amide bonds. The van der Waals surface area contributed by atoms with Crippen molar-refractivity contribution < 1.29 is 22.0 Å². The Morgan fingerprint density at radius 3 is 2.00 bits per heavy atom. The Hall–Kier alpha value is -1.37. The fraction of sp³-hybridized carbons (Fsp3) is 0.571. The highest BCUT2D eigenvalue weighted by molar-refractivity contribution is 5.51. The number of nitrogens with one attached hydrogen (secondary N) is 1. The lowest BCUT2D eigenvalue weighted by Crippen LogP contribution is -2.48. The molecule has 1 aromatic carbocycles. The molecule has 1 N–H and O–H groups in total. The van der Waals surface area contributed by atoms with E-state index in [4.69, 9.17) is 0 Å². The minimum absolute atomic E-state index is 0.0475. The van der Waals surface area contributed by atoms with E-state index in [1.165, 1.54) is 4.90 Å². The zero-order valence-electron chi connectivity index (χ0n) is 11.8. The Balaban J connectivity index is 2.33. The summed E-state index contributed by atoms with van der Waals surface area (Å²) in [5.41, 5.74) is -0.832. The lowest BCUT2D eigenvalue weighted by molar-refractivity contribution is 0.363. The summed E-state index contributed by atoms with van der Waals surface area (Å²) in [6, 6.07) is 0.125. The van der Waals surface area contributed by atoms with Crippen LogP contribution in [-0.2, 0) is 0 Å². The average Bonchev–Trinajstić information content (AvgIpc) is 2.43. The largest absolute Gasteiger partial charge is 0.365 e. The third kappa shape index (κ3) is 3.12. The maximum Gasteiger partial charge on any atom is 0.200 e. The van der Waals surface area contributed by atoms with Crippen molar-refractivity contribution in [3.63, 3.8) is 0 Å². The van der Waals surface area contributed by atoms with Crippen LogP contribution in [0.1, 0.15) is 26.7 Å². The summed E-state index contributed by atoms with van der Waals surface area (Å²) in [4.78, 5) is 1.22. The number of nitrogens with zero attached hydrogens (tertiary/aromatic N) is 1. The van der Waals surface area contributed by atoms with Gasteiger partial charge in [0, 0.05) is 25.2 Å². The highest BCUT2D eigenvalue weighted by atomic mass is 19.2. The molecule has 1 atom stereocenters. The molecule has 0 radical (unpaired) electrons. The van der Waals surface area contributed by atoms with Crippen LogP contribution in [0.4, 0.5) is 27.6 Å². The number of anilines is 1. The maximum absolute atomic E-state index is 13.8. The van der Waals surface area contributed by atoms with Crippen LogP contribution in [-0.4, -0.2) is 25.2 Å². The van der Waals surface area contributed by atoms with E-state index in [1.807, 2.05) is 13.8 Å². The van der Waals surface area contributed by atoms with Gasteiger partial charge in [0.2, 0.25) is 5.82 Å². The highest BCUT2D eigenvalue weighted by Crippen LogP contribution is 2.31. The van der Waals surface area contributed by atoms with Crippen LogP contribution < -0.4 is 10.2 Å². The second-order valence-corrected chi connectivity index (χ2v) is 5.53. The van der Waals surface area contributed by atoms with Gasteiger partial charge in [0.25, 0.3) is 0 Å². The van der Waals surface area contributed by atoms with E-state index in [0.717, 1.165) is 6.42 Å². The van der Waals surface area contributed by atoms with E-state index in [0.29, 0.717) is 6.42 Å². The number of benzene rings is 1. The summed E-state index contributed by atoms with van der Waals surface area (Å²) < 4.78 is 67.2. The molecular formula is C14H17F5N2. The summed E-state index contributed by atoms with van der Waals surface area (Å²) in [6.07, 6.45) is 1.41. The van der Waals surface area contributed by atoms with Gasteiger partial charge >= 0.3 is 0 Å².